The largest absolute Gasteiger partial charge is 0.290 e. The Bertz CT molecular complexity index is 1030. The third kappa shape index (κ3) is 3.68. The first-order valence-corrected chi connectivity index (χ1v) is 9.63. The lowest BCUT2D eigenvalue weighted by atomic mass is 10.1. The Hall–Kier alpha value is -2.36. The Labute approximate surface area is 151 Å². The van der Waals surface area contributed by atoms with Crippen LogP contribution in [-0.4, -0.2) is 35.2 Å². The number of thiophene rings is 1. The van der Waals surface area contributed by atoms with Gasteiger partial charge in [0.25, 0.3) is 5.78 Å². The summed E-state index contributed by atoms with van der Waals surface area (Å²) in [5.41, 5.74) is 0.440. The zero-order valence-electron chi connectivity index (χ0n) is 12.5. The fourth-order valence-electron chi connectivity index (χ4n) is 2.03. The van der Waals surface area contributed by atoms with E-state index in [-0.39, 0.29) is 21.3 Å². The molecule has 10 heteroatoms. The fraction of sp³-hybridized carbons (Fsp3) is 0.0667. The molecule has 0 unspecified atom stereocenters. The summed E-state index contributed by atoms with van der Waals surface area (Å²) in [5, 5.41) is 7.81. The molecule has 1 aromatic carbocycles. The summed E-state index contributed by atoms with van der Waals surface area (Å²) in [4.78, 5) is 27.6. The van der Waals surface area contributed by atoms with E-state index in [9.17, 15) is 18.0 Å². The second-order valence-corrected chi connectivity index (χ2v) is 8.52. The van der Waals surface area contributed by atoms with Crippen LogP contribution in [0.25, 0.3) is 0 Å². The van der Waals surface area contributed by atoms with Gasteiger partial charge in [-0.15, -0.1) is 11.3 Å². The monoisotopic (exact) mass is 395 g/mol. The summed E-state index contributed by atoms with van der Waals surface area (Å²) in [6, 6.07) is 7.19. The van der Waals surface area contributed by atoms with Crippen LogP contribution in [0.15, 0.2) is 51.1 Å². The number of carbonyl (C=O) groups is 2. The van der Waals surface area contributed by atoms with Gasteiger partial charge in [-0.25, -0.2) is 13.4 Å². The number of hydrogen-bond acceptors (Lipinski definition) is 7. The Kier molecular flexibility index (Phi) is 4.80. The molecule has 0 amide bonds. The van der Waals surface area contributed by atoms with E-state index < -0.39 is 21.4 Å². The smallest absolute Gasteiger partial charge is 0.265 e. The molecule has 2 aromatic heterocycles. The molecule has 0 aliphatic rings. The number of nitrogens with one attached hydrogen (secondary N) is 1. The first kappa shape index (κ1) is 17.5. The van der Waals surface area contributed by atoms with Crippen molar-refractivity contribution in [2.45, 2.75) is 15.5 Å². The average Bonchev–Trinajstić information content (AvgIpc) is 3.26. The van der Waals surface area contributed by atoms with Crippen molar-refractivity contribution in [2.24, 2.45) is 0 Å². The molecule has 128 valence electrons. The molecule has 0 atom stereocenters. The number of ketones is 2. The molecule has 0 radical (unpaired) electrons. The SMILES string of the molecule is O=C(Cc1csc(S(=O)(=O)c2ccc(Cl)cc2)c1)C(=O)c1ncn[nH]1. The van der Waals surface area contributed by atoms with Gasteiger partial charge in [-0.3, -0.25) is 14.7 Å². The number of sulfone groups is 1. The first-order chi connectivity index (χ1) is 11.9. The van der Waals surface area contributed by atoms with E-state index in [4.69, 9.17) is 11.6 Å². The van der Waals surface area contributed by atoms with E-state index in [1.807, 2.05) is 0 Å². The number of Topliss-reactive ketones (excluding diaryl/α,β-unsaturated/α-hetero) is 2. The van der Waals surface area contributed by atoms with Crippen LogP contribution in [0.2, 0.25) is 5.02 Å². The first-order valence-electron chi connectivity index (χ1n) is 6.89. The highest BCUT2D eigenvalue weighted by atomic mass is 35.5. The van der Waals surface area contributed by atoms with Gasteiger partial charge < -0.3 is 0 Å². The second-order valence-electron chi connectivity index (χ2n) is 4.99. The van der Waals surface area contributed by atoms with Crippen molar-refractivity contribution in [1.82, 2.24) is 15.2 Å². The number of nitrogens with zero attached hydrogens (tertiary/aromatic N) is 2. The summed E-state index contributed by atoms with van der Waals surface area (Å²) in [5.74, 6) is -1.65. The standard InChI is InChI=1S/C15H10ClN3O4S2/c16-10-1-3-11(4-2-10)25(22,23)13-6-9(7-24-13)5-12(20)14(21)15-17-8-18-19-15/h1-4,6-8H,5H2,(H,17,18,19). The molecular formula is C15H10ClN3O4S2. The van der Waals surface area contributed by atoms with Gasteiger partial charge in [-0.05, 0) is 41.3 Å². The molecule has 1 N–H and O–H groups in total. The lowest BCUT2D eigenvalue weighted by Crippen LogP contribution is -2.17. The zero-order valence-corrected chi connectivity index (χ0v) is 14.9. The van der Waals surface area contributed by atoms with Crippen molar-refractivity contribution >= 4 is 44.3 Å². The molecule has 25 heavy (non-hydrogen) atoms. The van der Waals surface area contributed by atoms with Crippen LogP contribution in [-0.2, 0) is 21.1 Å². The maximum absolute atomic E-state index is 12.6. The zero-order chi connectivity index (χ0) is 18.0. The third-order valence-corrected chi connectivity index (χ3v) is 6.78. The van der Waals surface area contributed by atoms with E-state index in [0.717, 1.165) is 17.7 Å². The van der Waals surface area contributed by atoms with Crippen LogP contribution >= 0.6 is 22.9 Å². The topological polar surface area (TPSA) is 110 Å². The van der Waals surface area contributed by atoms with E-state index in [0.29, 0.717) is 10.6 Å². The van der Waals surface area contributed by atoms with Crippen molar-refractivity contribution in [3.8, 4) is 0 Å². The molecule has 0 bridgehead atoms. The maximum Gasteiger partial charge on any atom is 0.265 e. The minimum Gasteiger partial charge on any atom is -0.290 e. The number of aromatic nitrogens is 3. The van der Waals surface area contributed by atoms with Gasteiger partial charge in [-0.2, -0.15) is 5.10 Å². The van der Waals surface area contributed by atoms with Crippen molar-refractivity contribution in [3.63, 3.8) is 0 Å². The maximum atomic E-state index is 12.6. The van der Waals surface area contributed by atoms with Crippen LogP contribution < -0.4 is 0 Å². The van der Waals surface area contributed by atoms with Crippen LogP contribution in [0, 0.1) is 0 Å². The van der Waals surface area contributed by atoms with E-state index in [1.54, 1.807) is 0 Å². The Morgan fingerprint density at radius 1 is 1.20 bits per heavy atom. The predicted octanol–water partition coefficient (Wildman–Crippen LogP) is 2.35. The molecule has 7 nitrogen and oxygen atoms in total. The summed E-state index contributed by atoms with van der Waals surface area (Å²) >= 11 is 6.75. The van der Waals surface area contributed by atoms with Gasteiger partial charge in [0.1, 0.15) is 10.5 Å². The van der Waals surface area contributed by atoms with Crippen molar-refractivity contribution < 1.29 is 18.0 Å². The molecule has 0 aliphatic carbocycles. The molecule has 3 aromatic rings. The summed E-state index contributed by atoms with van der Waals surface area (Å²) in [6.45, 7) is 0. The van der Waals surface area contributed by atoms with Gasteiger partial charge in [0.05, 0.1) is 4.90 Å². The molecule has 0 saturated carbocycles. The minimum absolute atomic E-state index is 0.0877. The number of halogens is 1. The van der Waals surface area contributed by atoms with Crippen LogP contribution in [0.4, 0.5) is 0 Å². The Morgan fingerprint density at radius 2 is 1.92 bits per heavy atom. The van der Waals surface area contributed by atoms with E-state index in [2.05, 4.69) is 15.2 Å². The third-order valence-electron chi connectivity index (χ3n) is 3.27. The van der Waals surface area contributed by atoms with Gasteiger partial charge in [0, 0.05) is 11.4 Å². The predicted molar refractivity (Wildman–Crippen MR) is 90.6 cm³/mol. The van der Waals surface area contributed by atoms with Gasteiger partial charge in [0.15, 0.2) is 5.82 Å². The number of carbonyl (C=O) groups excluding carboxylic acids is 2. The summed E-state index contributed by atoms with van der Waals surface area (Å²) in [7, 11) is -3.70. The van der Waals surface area contributed by atoms with Gasteiger partial charge in [0.2, 0.25) is 15.6 Å². The molecular weight excluding hydrogens is 386 g/mol. The van der Waals surface area contributed by atoms with E-state index >= 15 is 0 Å². The summed E-state index contributed by atoms with van der Waals surface area (Å²) < 4.78 is 25.2. The average molecular weight is 396 g/mol. The number of hydrogen-bond donors (Lipinski definition) is 1. The highest BCUT2D eigenvalue weighted by molar-refractivity contribution is 7.93. The quantitative estimate of drug-likeness (QED) is 0.506. The minimum atomic E-state index is -3.70. The highest BCUT2D eigenvalue weighted by Gasteiger charge is 2.23. The number of H-pyrrole nitrogens is 1. The van der Waals surface area contributed by atoms with Crippen molar-refractivity contribution in [1.29, 1.82) is 0 Å². The lowest BCUT2D eigenvalue weighted by Gasteiger charge is -2.01. The van der Waals surface area contributed by atoms with Crippen LogP contribution in [0.1, 0.15) is 16.2 Å². The molecule has 0 aliphatic heterocycles. The van der Waals surface area contributed by atoms with Gasteiger partial charge >= 0.3 is 0 Å². The summed E-state index contributed by atoms with van der Waals surface area (Å²) in [6.07, 6.45) is 0.911. The second kappa shape index (κ2) is 6.87. The number of rotatable bonds is 6. The number of aromatic amines is 1. The normalized spacial score (nSPS) is 11.4. The molecule has 3 rings (SSSR count). The van der Waals surface area contributed by atoms with Gasteiger partial charge in [-0.1, -0.05) is 11.6 Å². The molecule has 0 spiro atoms. The fourth-order valence-corrected chi connectivity index (χ4v) is 4.77. The molecule has 2 heterocycles. The Morgan fingerprint density at radius 3 is 2.56 bits per heavy atom. The van der Waals surface area contributed by atoms with Crippen molar-refractivity contribution in [3.05, 3.63) is 58.4 Å². The van der Waals surface area contributed by atoms with Crippen LogP contribution in [0.3, 0.4) is 0 Å². The Balaban J connectivity index is 1.79. The lowest BCUT2D eigenvalue weighted by molar-refractivity contribution is -0.114. The highest BCUT2D eigenvalue weighted by Crippen LogP contribution is 2.28. The molecule has 0 fully saturated rings. The van der Waals surface area contributed by atoms with E-state index in [1.165, 1.54) is 35.7 Å². The van der Waals surface area contributed by atoms with Crippen LogP contribution in [0.5, 0.6) is 0 Å². The van der Waals surface area contributed by atoms with Crippen molar-refractivity contribution in [2.75, 3.05) is 0 Å². The molecule has 0 saturated heterocycles. The number of benzene rings is 1.